The quantitative estimate of drug-likeness (QED) is 0.124. The molecule has 0 radical (unpaired) electrons. The summed E-state index contributed by atoms with van der Waals surface area (Å²) in [5.74, 6) is 1.91. The van der Waals surface area contributed by atoms with Crippen LogP contribution in [-0.4, -0.2) is 24.6 Å². The molecular formula is C30H26Cl4FNO2Si. The lowest BCUT2D eigenvalue weighted by Gasteiger charge is -2.13. The van der Waals surface area contributed by atoms with Gasteiger partial charge in [-0.25, -0.2) is 4.39 Å². The maximum atomic E-state index is 13.2. The SMILES string of the molecule is C[Si](C)(C)C#Cc1cc(C2C(Cl)(Cl)C2(C=O)CCc2ccc(Cl)c(C(=O)Nc3ccc(F)cc3)c2)ccc1Cl. The molecule has 202 valence electrons. The Hall–Kier alpha value is -2.33. The van der Waals surface area contributed by atoms with Gasteiger partial charge in [-0.2, -0.15) is 0 Å². The van der Waals surface area contributed by atoms with Gasteiger partial charge in [0.05, 0.1) is 21.0 Å². The molecule has 0 spiro atoms. The van der Waals surface area contributed by atoms with Gasteiger partial charge in [0.1, 0.15) is 24.5 Å². The van der Waals surface area contributed by atoms with Gasteiger partial charge in [0.2, 0.25) is 0 Å². The Morgan fingerprint density at radius 2 is 1.69 bits per heavy atom. The largest absolute Gasteiger partial charge is 0.322 e. The minimum atomic E-state index is -1.63. The molecule has 0 bridgehead atoms. The molecular weight excluding hydrogens is 595 g/mol. The molecule has 39 heavy (non-hydrogen) atoms. The number of hydrogen-bond acceptors (Lipinski definition) is 2. The number of carbonyl (C=O) groups excluding carboxylic acids is 2. The topological polar surface area (TPSA) is 46.2 Å². The van der Waals surface area contributed by atoms with Crippen LogP contribution in [0.2, 0.25) is 29.7 Å². The van der Waals surface area contributed by atoms with Crippen LogP contribution in [0.5, 0.6) is 0 Å². The number of benzene rings is 3. The summed E-state index contributed by atoms with van der Waals surface area (Å²) in [5.41, 5.74) is 5.26. The first-order chi connectivity index (χ1) is 18.3. The summed E-state index contributed by atoms with van der Waals surface area (Å²) >= 11 is 26.2. The van der Waals surface area contributed by atoms with Gasteiger partial charge in [0.15, 0.2) is 0 Å². The number of hydrogen-bond donors (Lipinski definition) is 1. The third-order valence-electron chi connectivity index (χ3n) is 6.73. The van der Waals surface area contributed by atoms with Crippen LogP contribution in [0.4, 0.5) is 10.1 Å². The first-order valence-electron chi connectivity index (χ1n) is 12.3. The van der Waals surface area contributed by atoms with Crippen molar-refractivity contribution < 1.29 is 14.0 Å². The number of carbonyl (C=O) groups is 2. The molecule has 1 fully saturated rings. The molecule has 1 aliphatic carbocycles. The molecule has 0 aromatic heterocycles. The van der Waals surface area contributed by atoms with E-state index < -0.39 is 35.5 Å². The van der Waals surface area contributed by atoms with Crippen LogP contribution in [0, 0.1) is 22.7 Å². The molecule has 4 rings (SSSR count). The maximum Gasteiger partial charge on any atom is 0.257 e. The summed E-state index contributed by atoms with van der Waals surface area (Å²) in [6.07, 6.45) is 1.62. The van der Waals surface area contributed by atoms with Crippen molar-refractivity contribution in [3.05, 3.63) is 98.8 Å². The average Bonchev–Trinajstić information content (AvgIpc) is 3.38. The number of alkyl halides is 2. The molecule has 1 N–H and O–H groups in total. The van der Waals surface area contributed by atoms with E-state index in [1.165, 1.54) is 24.3 Å². The van der Waals surface area contributed by atoms with E-state index in [9.17, 15) is 14.0 Å². The molecule has 3 aromatic rings. The van der Waals surface area contributed by atoms with Crippen LogP contribution in [0.15, 0.2) is 60.7 Å². The van der Waals surface area contributed by atoms with Crippen molar-refractivity contribution in [1.29, 1.82) is 0 Å². The zero-order valence-electron chi connectivity index (χ0n) is 21.5. The van der Waals surface area contributed by atoms with Crippen LogP contribution < -0.4 is 5.32 Å². The first kappa shape index (κ1) is 29.6. The van der Waals surface area contributed by atoms with E-state index in [4.69, 9.17) is 46.4 Å². The van der Waals surface area contributed by atoms with E-state index in [1.54, 1.807) is 24.3 Å². The summed E-state index contributed by atoms with van der Waals surface area (Å²) in [6.45, 7) is 6.44. The summed E-state index contributed by atoms with van der Waals surface area (Å²) in [7, 11) is -1.63. The standard InChI is InChI=1S/C30H26Cl4FNO2Si/c1-39(2,3)15-13-20-17-21(5-11-25(20)31)27-29(18-37,30(27,33)34)14-12-19-4-10-26(32)24(16-19)28(38)36-23-8-6-22(35)7-9-23/h4-11,16-18,27H,12,14H2,1-3H3,(H,36,38). The average molecular weight is 621 g/mol. The van der Waals surface area contributed by atoms with E-state index in [0.29, 0.717) is 29.1 Å². The van der Waals surface area contributed by atoms with Crippen molar-refractivity contribution in [2.45, 2.75) is 42.7 Å². The number of amides is 1. The van der Waals surface area contributed by atoms with Gasteiger partial charge < -0.3 is 10.1 Å². The highest BCUT2D eigenvalue weighted by Crippen LogP contribution is 2.74. The van der Waals surface area contributed by atoms with E-state index in [-0.39, 0.29) is 10.6 Å². The van der Waals surface area contributed by atoms with Crippen molar-refractivity contribution in [3.8, 4) is 11.5 Å². The molecule has 3 aromatic carbocycles. The predicted molar refractivity (Wildman–Crippen MR) is 161 cm³/mol. The van der Waals surface area contributed by atoms with Crippen LogP contribution in [0.25, 0.3) is 0 Å². The van der Waals surface area contributed by atoms with E-state index in [1.807, 2.05) is 12.1 Å². The Bertz CT molecular complexity index is 1490. The lowest BCUT2D eigenvalue weighted by Crippen LogP contribution is -2.16. The zero-order valence-corrected chi connectivity index (χ0v) is 25.6. The summed E-state index contributed by atoms with van der Waals surface area (Å²) in [5, 5.41) is 3.51. The van der Waals surface area contributed by atoms with Gasteiger partial charge >= 0.3 is 0 Å². The molecule has 2 unspecified atom stereocenters. The van der Waals surface area contributed by atoms with Crippen LogP contribution in [-0.2, 0) is 11.2 Å². The van der Waals surface area contributed by atoms with Gasteiger partial charge in [-0.3, -0.25) is 4.79 Å². The number of rotatable bonds is 7. The molecule has 1 saturated carbocycles. The van der Waals surface area contributed by atoms with E-state index in [2.05, 4.69) is 36.4 Å². The van der Waals surface area contributed by atoms with Crippen molar-refractivity contribution in [3.63, 3.8) is 0 Å². The van der Waals surface area contributed by atoms with Gasteiger partial charge in [-0.15, -0.1) is 5.54 Å². The maximum absolute atomic E-state index is 13.2. The highest BCUT2D eigenvalue weighted by molar-refractivity contribution is 6.83. The fraction of sp³-hybridized carbons (Fsp3) is 0.267. The summed E-state index contributed by atoms with van der Waals surface area (Å²) in [4.78, 5) is 25.3. The Morgan fingerprint density at radius 3 is 2.33 bits per heavy atom. The molecule has 2 atom stereocenters. The van der Waals surface area contributed by atoms with Gasteiger partial charge in [-0.05, 0) is 72.5 Å². The zero-order chi connectivity index (χ0) is 28.6. The third-order valence-corrected chi connectivity index (χ3v) is 9.40. The second kappa shape index (κ2) is 11.3. The molecule has 1 amide bonds. The number of aryl methyl sites for hydroxylation is 1. The first-order valence-corrected chi connectivity index (χ1v) is 17.3. The Kier molecular flexibility index (Phi) is 8.57. The molecule has 3 nitrogen and oxygen atoms in total. The van der Waals surface area contributed by atoms with Crippen molar-refractivity contribution >= 4 is 72.4 Å². The second-order valence-electron chi connectivity index (χ2n) is 10.7. The minimum absolute atomic E-state index is 0.261. The van der Waals surface area contributed by atoms with Crippen LogP contribution in [0.1, 0.15) is 39.4 Å². The fourth-order valence-corrected chi connectivity index (χ4v) is 6.46. The molecule has 0 heterocycles. The highest BCUT2D eigenvalue weighted by Gasteiger charge is 2.76. The van der Waals surface area contributed by atoms with Crippen LogP contribution in [0.3, 0.4) is 0 Å². The monoisotopic (exact) mass is 619 g/mol. The number of anilines is 1. The Morgan fingerprint density at radius 1 is 1.03 bits per heavy atom. The highest BCUT2D eigenvalue weighted by atomic mass is 35.5. The van der Waals surface area contributed by atoms with Crippen molar-refractivity contribution in [2.75, 3.05) is 5.32 Å². The molecule has 1 aliphatic rings. The third kappa shape index (κ3) is 6.37. The second-order valence-corrected chi connectivity index (χ2v) is 17.7. The fourth-order valence-electron chi connectivity index (χ4n) is 4.56. The van der Waals surface area contributed by atoms with Gasteiger partial charge in [0, 0.05) is 17.2 Å². The lowest BCUT2D eigenvalue weighted by atomic mass is 9.92. The molecule has 0 saturated heterocycles. The molecule has 9 heteroatoms. The molecule has 0 aliphatic heterocycles. The lowest BCUT2D eigenvalue weighted by molar-refractivity contribution is -0.112. The van der Waals surface area contributed by atoms with E-state index in [0.717, 1.165) is 17.4 Å². The van der Waals surface area contributed by atoms with Crippen molar-refractivity contribution in [1.82, 2.24) is 0 Å². The summed E-state index contributed by atoms with van der Waals surface area (Å²) < 4.78 is 11.9. The van der Waals surface area contributed by atoms with E-state index >= 15 is 0 Å². The van der Waals surface area contributed by atoms with Crippen LogP contribution >= 0.6 is 46.4 Å². The van der Waals surface area contributed by atoms with Crippen molar-refractivity contribution in [2.24, 2.45) is 5.41 Å². The van der Waals surface area contributed by atoms with Gasteiger partial charge in [0.25, 0.3) is 5.91 Å². The summed E-state index contributed by atoms with van der Waals surface area (Å²) in [6, 6.07) is 16.0. The normalized spacial score (nSPS) is 19.5. The Balaban J connectivity index is 1.54. The minimum Gasteiger partial charge on any atom is -0.322 e. The smallest absolute Gasteiger partial charge is 0.257 e. The predicted octanol–water partition coefficient (Wildman–Crippen LogP) is 8.70. The Labute approximate surface area is 249 Å². The number of nitrogens with one attached hydrogen (secondary N) is 1. The number of halogens is 5. The van der Waals surface area contributed by atoms with Gasteiger partial charge in [-0.1, -0.05) is 84.1 Å². The number of aldehydes is 1.